The van der Waals surface area contributed by atoms with Crippen molar-refractivity contribution < 1.29 is 71.9 Å². The Hall–Kier alpha value is -1.66. The van der Waals surface area contributed by atoms with E-state index in [1.54, 1.807) is 21.3 Å². The molecule has 3 aromatic rings. The number of rotatable bonds is 7. The predicted octanol–water partition coefficient (Wildman–Crippen LogP) is -2.02. The zero-order valence-corrected chi connectivity index (χ0v) is 33.2. The van der Waals surface area contributed by atoms with Gasteiger partial charge in [-0.25, -0.2) is 0 Å². The molecule has 1 aliphatic carbocycles. The van der Waals surface area contributed by atoms with Crippen LogP contribution in [0.25, 0.3) is 0 Å². The second kappa shape index (κ2) is 14.8. The van der Waals surface area contributed by atoms with E-state index in [4.69, 9.17) is 14.2 Å². The van der Waals surface area contributed by atoms with Crippen LogP contribution < -0.4 is 67.0 Å². The van der Waals surface area contributed by atoms with Gasteiger partial charge in [0.15, 0.2) is 0 Å². The van der Waals surface area contributed by atoms with Crippen LogP contribution in [0.3, 0.4) is 0 Å². The van der Waals surface area contributed by atoms with Crippen LogP contribution in [0.2, 0.25) is 3.34 Å². The monoisotopic (exact) mass is 706 g/mol. The van der Waals surface area contributed by atoms with Crippen molar-refractivity contribution in [1.29, 1.82) is 0 Å². The number of methoxy groups -OCH3 is 3. The van der Waals surface area contributed by atoms with Gasteiger partial charge >= 0.3 is 262 Å². The Labute approximate surface area is 296 Å². The Morgan fingerprint density at radius 1 is 0.455 bits per heavy atom. The molecule has 3 nitrogen and oxygen atoms in total. The number of ether oxygens (including phenoxy) is 3. The molecule has 0 heterocycles. The number of allylic oxidation sites excluding steroid dienone is 4. The average Bonchev–Trinajstić information content (AvgIpc) is 3.07. The first-order valence-electron chi connectivity index (χ1n) is 14.3. The molecule has 0 fully saturated rings. The molecule has 0 saturated carbocycles. The van der Waals surface area contributed by atoms with Gasteiger partial charge in [-0.15, -0.1) is 0 Å². The van der Waals surface area contributed by atoms with Gasteiger partial charge in [-0.05, 0) is 0 Å². The normalized spacial score (nSPS) is 14.1. The molecule has 0 radical (unpaired) electrons. The largest absolute Gasteiger partial charge is 1.00 e. The van der Waals surface area contributed by atoms with Crippen LogP contribution in [0.5, 0.6) is 17.2 Å². The van der Waals surface area contributed by atoms with Crippen molar-refractivity contribution in [3.8, 4) is 17.2 Å². The molecule has 4 rings (SSSR count). The van der Waals surface area contributed by atoms with Crippen molar-refractivity contribution in [2.24, 2.45) is 0 Å². The van der Waals surface area contributed by atoms with Crippen LogP contribution >= 0.6 is 0 Å². The molecule has 8 heteroatoms. The number of halogens is 3. The summed E-state index contributed by atoms with van der Waals surface area (Å²) in [7, 11) is 2.33. The van der Waals surface area contributed by atoms with Crippen LogP contribution in [0.1, 0.15) is 61.1 Å². The van der Waals surface area contributed by atoms with Crippen LogP contribution in [-0.2, 0) is 20.4 Å². The van der Waals surface area contributed by atoms with E-state index >= 15 is 0 Å². The quantitative estimate of drug-likeness (QED) is 0.210. The zero-order chi connectivity index (χ0) is 30.6. The summed E-state index contributed by atoms with van der Waals surface area (Å²) in [6, 6.07) is 14.0. The molecule has 0 atom stereocenters. The first-order valence-corrected chi connectivity index (χ1v) is 17.1. The van der Waals surface area contributed by atoms with Gasteiger partial charge in [-0.2, -0.15) is 0 Å². The molecule has 0 N–H and O–H groups in total. The summed E-state index contributed by atoms with van der Waals surface area (Å²) in [5.74, 6) is 2.78. The number of hydrogen-bond donors (Lipinski definition) is 0. The van der Waals surface area contributed by atoms with Gasteiger partial charge in [0.25, 0.3) is 0 Å². The van der Waals surface area contributed by atoms with E-state index in [-0.39, 0.29) is 40.6 Å². The summed E-state index contributed by atoms with van der Waals surface area (Å²) in [5.41, 5.74) is 13.0. The molecular weight excluding hydrogens is 663 g/mol. The van der Waals surface area contributed by atoms with Crippen LogP contribution in [0.4, 0.5) is 0 Å². The molecule has 0 unspecified atom stereocenters. The topological polar surface area (TPSA) is 27.7 Å². The van der Waals surface area contributed by atoms with Gasteiger partial charge in [-0.3, -0.25) is 0 Å². The maximum absolute atomic E-state index is 6.04. The Bertz CT molecular complexity index is 1460. The van der Waals surface area contributed by atoms with E-state index in [9.17, 15) is 0 Å². The standard InChI is InChI=1S/C36H45O3Si.3ClH.Ti/c1-20-14-23(4)33(17-30(20)37-11)40(36-28(9)26(7)27(8)29(36)10,34-18-31(38-12)21(2)15-24(34)5)35-19-32(39-13)22(3)16-25(35)6;;;;/h14-19H,1-13H3;3*1H;/q;;;;+3/p-3. The summed E-state index contributed by atoms with van der Waals surface area (Å²) in [4.78, 5) is 0. The zero-order valence-electron chi connectivity index (χ0n) is 28.3. The average molecular weight is 708 g/mol. The minimum absolute atomic E-state index is 0. The van der Waals surface area contributed by atoms with Crippen molar-refractivity contribution in [3.05, 3.63) is 92.1 Å². The molecule has 0 spiro atoms. The number of aryl methyl sites for hydroxylation is 6. The van der Waals surface area contributed by atoms with Crippen molar-refractivity contribution in [2.75, 3.05) is 21.3 Å². The van der Waals surface area contributed by atoms with Crippen LogP contribution in [0, 0.1) is 41.5 Å². The molecular formula is C36H45Cl3O3SiTi. The third kappa shape index (κ3) is 5.85. The van der Waals surface area contributed by atoms with Crippen molar-refractivity contribution in [2.45, 2.75) is 72.6 Å². The molecule has 0 bridgehead atoms. The van der Waals surface area contributed by atoms with E-state index in [1.807, 2.05) is 0 Å². The van der Waals surface area contributed by atoms with E-state index in [2.05, 4.69) is 126 Å². The Balaban J connectivity index is 0.00000323. The fourth-order valence-electron chi connectivity index (χ4n) is 7.38. The van der Waals surface area contributed by atoms with Gasteiger partial charge in [0.05, 0.1) is 0 Å². The second-order valence-electron chi connectivity index (χ2n) is 11.9. The van der Waals surface area contributed by atoms with E-state index in [0.717, 1.165) is 33.9 Å². The number of benzene rings is 3. The van der Waals surface area contributed by atoms with Gasteiger partial charge in [-0.1, -0.05) is 0 Å². The molecule has 0 aliphatic heterocycles. The van der Waals surface area contributed by atoms with Crippen molar-refractivity contribution in [3.63, 3.8) is 0 Å². The summed E-state index contributed by atoms with van der Waals surface area (Å²) < 4.78 is 17.8. The summed E-state index contributed by atoms with van der Waals surface area (Å²) in [6.45, 7) is 22.6. The third-order valence-electron chi connectivity index (χ3n) is 9.81. The smallest absolute Gasteiger partial charge is 1.00 e. The third-order valence-corrected chi connectivity index (χ3v) is 18.7. The number of hydrogen-bond acceptors (Lipinski definition) is 3. The summed E-state index contributed by atoms with van der Waals surface area (Å²) in [5, 5.41) is 4.10. The van der Waals surface area contributed by atoms with Crippen molar-refractivity contribution >= 4 is 23.6 Å². The molecule has 0 saturated heterocycles. The van der Waals surface area contributed by atoms with Gasteiger partial charge in [0.2, 0.25) is 0 Å². The Kier molecular flexibility index (Phi) is 13.6. The fourth-order valence-corrected chi connectivity index (χ4v) is 16.5. The minimum Gasteiger partial charge on any atom is -1.00 e. The molecule has 3 aromatic carbocycles. The molecule has 0 aromatic heterocycles. The summed E-state index contributed by atoms with van der Waals surface area (Å²) in [6.07, 6.45) is 0. The maximum atomic E-state index is 6.04. The Morgan fingerprint density at radius 2 is 0.705 bits per heavy atom. The van der Waals surface area contributed by atoms with E-state index in [0.29, 0.717) is 0 Å². The Morgan fingerprint density at radius 3 is 0.932 bits per heavy atom. The SMILES string of the molecule is COc1cc([Si](c2cc(OC)c(C)cc2C)(c2cc(OC)c(C)cc2C)[C]2([Ti+3])C(C)=C(C)C(C)=C2C)c(C)cc1C.[Cl-].[Cl-].[Cl-]. The predicted molar refractivity (Wildman–Crippen MR) is 172 cm³/mol. The van der Waals surface area contributed by atoms with E-state index < -0.39 is 8.07 Å². The maximum Gasteiger partial charge on any atom is -1.00 e. The fraction of sp³-hybridized carbons (Fsp3) is 0.389. The first kappa shape index (κ1) is 40.4. The van der Waals surface area contributed by atoms with Crippen molar-refractivity contribution in [1.82, 2.24) is 0 Å². The molecule has 1 aliphatic rings. The molecule has 44 heavy (non-hydrogen) atoms. The molecule has 236 valence electrons. The van der Waals surface area contributed by atoms with Gasteiger partial charge in [0.1, 0.15) is 0 Å². The van der Waals surface area contributed by atoms with Gasteiger partial charge in [0, 0.05) is 0 Å². The van der Waals surface area contributed by atoms with Gasteiger partial charge < -0.3 is 37.2 Å². The molecule has 0 amide bonds. The summed E-state index contributed by atoms with van der Waals surface area (Å²) >= 11 is 2.51. The first-order chi connectivity index (χ1) is 19.2. The van der Waals surface area contributed by atoms with Crippen LogP contribution in [-0.4, -0.2) is 29.4 Å². The van der Waals surface area contributed by atoms with Crippen LogP contribution in [0.15, 0.2) is 58.7 Å². The minimum atomic E-state index is -3.03. The second-order valence-corrected chi connectivity index (χ2v) is 17.7. The van der Waals surface area contributed by atoms with E-state index in [1.165, 1.54) is 54.5 Å².